The van der Waals surface area contributed by atoms with Crippen LogP contribution in [0.25, 0.3) is 0 Å². The number of aromatic nitrogens is 2. The Morgan fingerprint density at radius 3 is 2.67 bits per heavy atom. The van der Waals surface area contributed by atoms with E-state index in [1.165, 1.54) is 0 Å². The Morgan fingerprint density at radius 1 is 1.78 bits per heavy atom. The van der Waals surface area contributed by atoms with Gasteiger partial charge in [0, 0.05) is 12.4 Å². The number of hydrogen-bond donors (Lipinski definition) is 0. The van der Waals surface area contributed by atoms with Crippen LogP contribution in [0.1, 0.15) is 17.7 Å². The van der Waals surface area contributed by atoms with Gasteiger partial charge >= 0.3 is 0 Å². The third-order valence-electron chi connectivity index (χ3n) is 1.25. The Bertz CT molecular complexity index is 193. The van der Waals surface area contributed by atoms with Crippen LogP contribution in [0.4, 0.5) is 0 Å². The van der Waals surface area contributed by atoms with E-state index in [4.69, 9.17) is 0 Å². The third-order valence-corrected chi connectivity index (χ3v) is 1.69. The molecule has 0 aliphatic carbocycles. The number of alkyl halides is 1. The SMILES string of the molecule is Cc1nccn1C(C)Br. The minimum absolute atomic E-state index is 0.347. The quantitative estimate of drug-likeness (QED) is 0.618. The summed E-state index contributed by atoms with van der Waals surface area (Å²) in [6, 6.07) is 0. The molecular weight excluding hydrogens is 180 g/mol. The van der Waals surface area contributed by atoms with Gasteiger partial charge in [0.2, 0.25) is 0 Å². The van der Waals surface area contributed by atoms with Crippen LogP contribution in [0.15, 0.2) is 12.4 Å². The lowest BCUT2D eigenvalue weighted by atomic mass is 10.6. The molecule has 0 saturated carbocycles. The minimum atomic E-state index is 0.347. The van der Waals surface area contributed by atoms with Gasteiger partial charge in [0.1, 0.15) is 5.82 Å². The maximum absolute atomic E-state index is 4.07. The lowest BCUT2D eigenvalue weighted by Gasteiger charge is -2.05. The molecule has 3 heteroatoms. The summed E-state index contributed by atoms with van der Waals surface area (Å²) in [5, 5.41) is 0. The highest BCUT2D eigenvalue weighted by molar-refractivity contribution is 9.09. The highest BCUT2D eigenvalue weighted by Gasteiger charge is 1.99. The Kier molecular flexibility index (Phi) is 1.90. The average Bonchev–Trinajstić information content (AvgIpc) is 2.13. The van der Waals surface area contributed by atoms with Gasteiger partial charge in [-0.05, 0) is 13.8 Å². The fraction of sp³-hybridized carbons (Fsp3) is 0.500. The van der Waals surface area contributed by atoms with E-state index < -0.39 is 0 Å². The predicted molar refractivity (Wildman–Crippen MR) is 40.6 cm³/mol. The van der Waals surface area contributed by atoms with Gasteiger partial charge in [-0.2, -0.15) is 0 Å². The van der Waals surface area contributed by atoms with Gasteiger partial charge in [-0.3, -0.25) is 0 Å². The van der Waals surface area contributed by atoms with Crippen LogP contribution in [0.3, 0.4) is 0 Å². The molecular formula is C6H9BrN2. The largest absolute Gasteiger partial charge is 0.322 e. The molecule has 0 aromatic carbocycles. The fourth-order valence-corrected chi connectivity index (χ4v) is 1.20. The van der Waals surface area contributed by atoms with E-state index in [1.807, 2.05) is 13.1 Å². The van der Waals surface area contributed by atoms with Crippen molar-refractivity contribution >= 4 is 15.9 Å². The zero-order valence-electron chi connectivity index (χ0n) is 5.50. The van der Waals surface area contributed by atoms with Crippen LogP contribution >= 0.6 is 15.9 Å². The lowest BCUT2D eigenvalue weighted by Crippen LogP contribution is -1.97. The summed E-state index contributed by atoms with van der Waals surface area (Å²) in [6.07, 6.45) is 3.75. The van der Waals surface area contributed by atoms with Gasteiger partial charge < -0.3 is 4.57 Å². The van der Waals surface area contributed by atoms with Crippen molar-refractivity contribution in [1.29, 1.82) is 0 Å². The molecule has 1 rings (SSSR count). The first-order chi connectivity index (χ1) is 4.22. The average molecular weight is 189 g/mol. The Balaban J connectivity index is 2.94. The third kappa shape index (κ3) is 1.33. The molecule has 2 nitrogen and oxygen atoms in total. The highest BCUT2D eigenvalue weighted by Crippen LogP contribution is 2.13. The normalized spacial score (nSPS) is 13.7. The summed E-state index contributed by atoms with van der Waals surface area (Å²) in [4.78, 5) is 4.42. The van der Waals surface area contributed by atoms with E-state index in [-0.39, 0.29) is 0 Å². The van der Waals surface area contributed by atoms with Gasteiger partial charge in [0.05, 0.1) is 4.95 Å². The standard InChI is InChI=1S/C6H9BrN2/c1-5(7)9-4-3-8-6(9)2/h3-5H,1-2H3. The second kappa shape index (κ2) is 2.52. The monoisotopic (exact) mass is 188 g/mol. The number of aryl methyl sites for hydroxylation is 1. The van der Waals surface area contributed by atoms with Crippen molar-refractivity contribution in [3.8, 4) is 0 Å². The molecule has 0 aliphatic rings. The summed E-state index contributed by atoms with van der Waals surface area (Å²) in [7, 11) is 0. The Morgan fingerprint density at radius 2 is 2.44 bits per heavy atom. The zero-order valence-corrected chi connectivity index (χ0v) is 7.09. The van der Waals surface area contributed by atoms with Crippen molar-refractivity contribution in [1.82, 2.24) is 9.55 Å². The molecule has 0 fully saturated rings. The van der Waals surface area contributed by atoms with Crippen molar-refractivity contribution < 1.29 is 0 Å². The van der Waals surface area contributed by atoms with E-state index >= 15 is 0 Å². The van der Waals surface area contributed by atoms with Crippen molar-refractivity contribution in [2.45, 2.75) is 18.8 Å². The molecule has 0 radical (unpaired) electrons. The van der Waals surface area contributed by atoms with Crippen molar-refractivity contribution in [3.05, 3.63) is 18.2 Å². The summed E-state index contributed by atoms with van der Waals surface area (Å²) >= 11 is 3.44. The minimum Gasteiger partial charge on any atom is -0.322 e. The molecule has 1 unspecified atom stereocenters. The Labute approximate surface area is 63.0 Å². The summed E-state index contributed by atoms with van der Waals surface area (Å²) in [5.41, 5.74) is 0. The van der Waals surface area contributed by atoms with Gasteiger partial charge in [-0.25, -0.2) is 4.98 Å². The van der Waals surface area contributed by atoms with E-state index in [0.29, 0.717) is 4.95 Å². The number of imidazole rings is 1. The maximum Gasteiger partial charge on any atom is 0.106 e. The fourth-order valence-electron chi connectivity index (χ4n) is 0.764. The van der Waals surface area contributed by atoms with Gasteiger partial charge in [-0.15, -0.1) is 0 Å². The van der Waals surface area contributed by atoms with E-state index in [9.17, 15) is 0 Å². The molecule has 1 atom stereocenters. The molecule has 1 heterocycles. The highest BCUT2D eigenvalue weighted by atomic mass is 79.9. The van der Waals surface area contributed by atoms with Gasteiger partial charge in [0.25, 0.3) is 0 Å². The lowest BCUT2D eigenvalue weighted by molar-refractivity contribution is 0.722. The van der Waals surface area contributed by atoms with Crippen molar-refractivity contribution in [2.75, 3.05) is 0 Å². The molecule has 1 aromatic heterocycles. The van der Waals surface area contributed by atoms with Crippen LogP contribution in [-0.4, -0.2) is 9.55 Å². The molecule has 0 spiro atoms. The molecule has 0 N–H and O–H groups in total. The molecule has 1 aromatic rings. The van der Waals surface area contributed by atoms with Gasteiger partial charge in [-0.1, -0.05) is 15.9 Å². The summed E-state index contributed by atoms with van der Waals surface area (Å²) in [6.45, 7) is 4.05. The maximum atomic E-state index is 4.07. The summed E-state index contributed by atoms with van der Waals surface area (Å²) < 4.78 is 2.06. The Hall–Kier alpha value is -0.310. The first-order valence-corrected chi connectivity index (χ1v) is 3.77. The molecule has 0 aliphatic heterocycles. The van der Waals surface area contributed by atoms with Crippen molar-refractivity contribution in [2.24, 2.45) is 0 Å². The number of nitrogens with zero attached hydrogens (tertiary/aromatic N) is 2. The number of halogens is 1. The number of hydrogen-bond acceptors (Lipinski definition) is 1. The van der Waals surface area contributed by atoms with Crippen LogP contribution in [0, 0.1) is 6.92 Å². The second-order valence-electron chi connectivity index (χ2n) is 1.96. The first kappa shape index (κ1) is 6.81. The van der Waals surface area contributed by atoms with Crippen LogP contribution in [0.5, 0.6) is 0 Å². The van der Waals surface area contributed by atoms with E-state index in [2.05, 4.69) is 32.4 Å². The van der Waals surface area contributed by atoms with E-state index in [0.717, 1.165) is 5.82 Å². The van der Waals surface area contributed by atoms with Crippen LogP contribution < -0.4 is 0 Å². The molecule has 0 bridgehead atoms. The second-order valence-corrected chi connectivity index (χ2v) is 3.28. The van der Waals surface area contributed by atoms with Crippen molar-refractivity contribution in [3.63, 3.8) is 0 Å². The van der Waals surface area contributed by atoms with Crippen LogP contribution in [0.2, 0.25) is 0 Å². The molecule has 9 heavy (non-hydrogen) atoms. The zero-order chi connectivity index (χ0) is 6.85. The smallest absolute Gasteiger partial charge is 0.106 e. The molecule has 0 saturated heterocycles. The van der Waals surface area contributed by atoms with Gasteiger partial charge in [0.15, 0.2) is 0 Å². The number of rotatable bonds is 1. The molecule has 0 amide bonds. The van der Waals surface area contributed by atoms with Crippen LogP contribution in [-0.2, 0) is 0 Å². The topological polar surface area (TPSA) is 17.8 Å². The summed E-state index contributed by atoms with van der Waals surface area (Å²) in [5.74, 6) is 1.04. The first-order valence-electron chi connectivity index (χ1n) is 2.85. The molecule has 50 valence electrons. The van der Waals surface area contributed by atoms with E-state index in [1.54, 1.807) is 6.20 Å². The predicted octanol–water partition coefficient (Wildman–Crippen LogP) is 2.10.